The zero-order chi connectivity index (χ0) is 15.6. The van der Waals surface area contributed by atoms with Crippen molar-refractivity contribution >= 4 is 16.3 Å². The van der Waals surface area contributed by atoms with Gasteiger partial charge in [-0.3, -0.25) is 4.98 Å². The minimum Gasteiger partial charge on any atom is -0.497 e. The first-order valence-electron chi connectivity index (χ1n) is 7.09. The van der Waals surface area contributed by atoms with Crippen LogP contribution in [0.2, 0.25) is 0 Å². The van der Waals surface area contributed by atoms with Crippen LogP contribution < -0.4 is 4.74 Å². The maximum atomic E-state index is 5.18. The normalized spacial score (nSPS) is 11.0. The van der Waals surface area contributed by atoms with Crippen molar-refractivity contribution in [1.29, 1.82) is 0 Å². The molecule has 0 aliphatic carbocycles. The van der Waals surface area contributed by atoms with Crippen LogP contribution >= 0.6 is 11.3 Å². The lowest BCUT2D eigenvalue weighted by Crippen LogP contribution is -1.98. The highest BCUT2D eigenvalue weighted by Crippen LogP contribution is 2.24. The van der Waals surface area contributed by atoms with Crippen LogP contribution in [0.1, 0.15) is 11.4 Å². The molecule has 0 fully saturated rings. The van der Waals surface area contributed by atoms with E-state index < -0.39 is 0 Å². The highest BCUT2D eigenvalue weighted by atomic mass is 32.1. The molecule has 6 nitrogen and oxygen atoms in total. The molecule has 0 unspecified atom stereocenters. The molecule has 0 N–H and O–H groups in total. The number of nitrogens with zero attached hydrogens (tertiary/aromatic N) is 5. The topological polar surface area (TPSA) is 65.2 Å². The van der Waals surface area contributed by atoms with Gasteiger partial charge in [0.05, 0.1) is 7.11 Å². The minimum absolute atomic E-state index is 0.663. The predicted molar refractivity (Wildman–Crippen MR) is 87.7 cm³/mol. The number of rotatable bonds is 4. The third-order valence-electron chi connectivity index (χ3n) is 3.46. The van der Waals surface area contributed by atoms with Gasteiger partial charge in [0.1, 0.15) is 11.4 Å². The Morgan fingerprint density at radius 3 is 2.70 bits per heavy atom. The molecule has 1 aromatic carbocycles. The summed E-state index contributed by atoms with van der Waals surface area (Å²) in [7, 11) is 1.66. The van der Waals surface area contributed by atoms with Gasteiger partial charge in [-0.05, 0) is 29.8 Å². The molecule has 0 spiro atoms. The first-order valence-corrected chi connectivity index (χ1v) is 7.90. The maximum Gasteiger partial charge on any atom is 0.235 e. The summed E-state index contributed by atoms with van der Waals surface area (Å²) in [5.74, 6) is 1.65. The van der Waals surface area contributed by atoms with Gasteiger partial charge in [-0.15, -0.1) is 10.2 Å². The lowest BCUT2D eigenvalue weighted by atomic mass is 10.1. The van der Waals surface area contributed by atoms with Gasteiger partial charge in [-0.2, -0.15) is 9.61 Å². The van der Waals surface area contributed by atoms with Crippen molar-refractivity contribution in [2.75, 3.05) is 7.11 Å². The van der Waals surface area contributed by atoms with Gasteiger partial charge in [-0.1, -0.05) is 29.5 Å². The fourth-order valence-electron chi connectivity index (χ4n) is 2.29. The Bertz CT molecular complexity index is 930. The van der Waals surface area contributed by atoms with Crippen molar-refractivity contribution in [1.82, 2.24) is 24.8 Å². The number of hydrogen-bond donors (Lipinski definition) is 0. The number of hydrogen-bond acceptors (Lipinski definition) is 6. The van der Waals surface area contributed by atoms with Crippen molar-refractivity contribution in [3.63, 3.8) is 0 Å². The molecule has 23 heavy (non-hydrogen) atoms. The molecule has 3 aromatic heterocycles. The quantitative estimate of drug-likeness (QED) is 0.578. The van der Waals surface area contributed by atoms with Crippen molar-refractivity contribution in [2.24, 2.45) is 0 Å². The van der Waals surface area contributed by atoms with E-state index in [0.717, 1.165) is 32.8 Å². The molecular formula is C16H13N5OS. The van der Waals surface area contributed by atoms with Crippen LogP contribution in [0.4, 0.5) is 0 Å². The molecular weight excluding hydrogens is 310 g/mol. The summed E-state index contributed by atoms with van der Waals surface area (Å²) >= 11 is 1.48. The fraction of sp³-hybridized carbons (Fsp3) is 0.125. The van der Waals surface area contributed by atoms with Crippen LogP contribution in [0.5, 0.6) is 5.75 Å². The maximum absolute atomic E-state index is 5.18. The van der Waals surface area contributed by atoms with Gasteiger partial charge >= 0.3 is 0 Å². The van der Waals surface area contributed by atoms with E-state index in [1.807, 2.05) is 42.5 Å². The van der Waals surface area contributed by atoms with Crippen LogP contribution in [0.25, 0.3) is 15.7 Å². The Morgan fingerprint density at radius 1 is 1.09 bits per heavy atom. The van der Waals surface area contributed by atoms with E-state index in [2.05, 4.69) is 20.3 Å². The number of aromatic nitrogens is 5. The lowest BCUT2D eigenvalue weighted by molar-refractivity contribution is 0.414. The van der Waals surface area contributed by atoms with Crippen LogP contribution in [0.15, 0.2) is 48.7 Å². The smallest absolute Gasteiger partial charge is 0.235 e. The molecule has 7 heteroatoms. The average molecular weight is 323 g/mol. The summed E-state index contributed by atoms with van der Waals surface area (Å²) in [6.07, 6.45) is 2.42. The van der Waals surface area contributed by atoms with Crippen molar-refractivity contribution in [3.8, 4) is 16.5 Å². The van der Waals surface area contributed by atoms with Crippen LogP contribution in [-0.2, 0) is 6.42 Å². The molecule has 0 saturated carbocycles. The monoisotopic (exact) mass is 323 g/mol. The summed E-state index contributed by atoms with van der Waals surface area (Å²) in [6, 6.07) is 13.7. The van der Waals surface area contributed by atoms with E-state index >= 15 is 0 Å². The third-order valence-corrected chi connectivity index (χ3v) is 4.38. The highest BCUT2D eigenvalue weighted by Gasteiger charge is 2.13. The molecule has 0 amide bonds. The molecule has 3 heterocycles. The van der Waals surface area contributed by atoms with Gasteiger partial charge in [0.25, 0.3) is 0 Å². The predicted octanol–water partition coefficient (Wildman–Crippen LogP) is 2.85. The molecule has 0 atom stereocenters. The Labute approximate surface area is 136 Å². The summed E-state index contributed by atoms with van der Waals surface area (Å²) < 4.78 is 6.97. The second kappa shape index (κ2) is 5.77. The van der Waals surface area contributed by atoms with E-state index in [1.165, 1.54) is 11.3 Å². The molecule has 0 aliphatic heterocycles. The molecule has 4 aromatic rings. The van der Waals surface area contributed by atoms with E-state index in [-0.39, 0.29) is 0 Å². The standard InChI is InChI=1S/C16H13N5OS/c1-22-12-7-5-11(6-8-12)10-14-18-19-16-21(14)20-15(23-16)13-4-2-3-9-17-13/h2-9H,10H2,1H3. The molecule has 114 valence electrons. The van der Waals surface area contributed by atoms with E-state index in [4.69, 9.17) is 4.74 Å². The summed E-state index contributed by atoms with van der Waals surface area (Å²) in [5.41, 5.74) is 1.98. The fourth-order valence-corrected chi connectivity index (χ4v) is 3.12. The van der Waals surface area contributed by atoms with Gasteiger partial charge < -0.3 is 4.74 Å². The van der Waals surface area contributed by atoms with Gasteiger partial charge in [0.2, 0.25) is 4.96 Å². The second-order valence-corrected chi connectivity index (χ2v) is 5.91. The summed E-state index contributed by atoms with van der Waals surface area (Å²) in [5, 5.41) is 13.9. The van der Waals surface area contributed by atoms with E-state index in [0.29, 0.717) is 6.42 Å². The number of pyridine rings is 1. The lowest BCUT2D eigenvalue weighted by Gasteiger charge is -2.01. The zero-order valence-electron chi connectivity index (χ0n) is 12.4. The molecule has 0 aliphatic rings. The number of benzene rings is 1. The summed E-state index contributed by atoms with van der Waals surface area (Å²) in [4.78, 5) is 5.10. The number of fused-ring (bicyclic) bond motifs is 1. The molecule has 0 saturated heterocycles. The van der Waals surface area contributed by atoms with Crippen molar-refractivity contribution < 1.29 is 4.74 Å². The Hall–Kier alpha value is -2.80. The molecule has 4 rings (SSSR count). The summed E-state index contributed by atoms with van der Waals surface area (Å²) in [6.45, 7) is 0. The largest absolute Gasteiger partial charge is 0.497 e. The van der Waals surface area contributed by atoms with Crippen LogP contribution in [0.3, 0.4) is 0 Å². The van der Waals surface area contributed by atoms with Crippen LogP contribution in [-0.4, -0.2) is 31.9 Å². The van der Waals surface area contributed by atoms with Gasteiger partial charge in [0.15, 0.2) is 10.8 Å². The van der Waals surface area contributed by atoms with Gasteiger partial charge in [-0.25, -0.2) is 0 Å². The zero-order valence-corrected chi connectivity index (χ0v) is 13.2. The van der Waals surface area contributed by atoms with Crippen LogP contribution in [0, 0.1) is 0 Å². The Kier molecular flexibility index (Phi) is 3.47. The average Bonchev–Trinajstić information content (AvgIpc) is 3.18. The van der Waals surface area contributed by atoms with Crippen molar-refractivity contribution in [3.05, 3.63) is 60.0 Å². The van der Waals surface area contributed by atoms with E-state index in [9.17, 15) is 0 Å². The molecule has 0 radical (unpaired) electrons. The third kappa shape index (κ3) is 2.66. The van der Waals surface area contributed by atoms with Gasteiger partial charge in [0, 0.05) is 12.6 Å². The second-order valence-electron chi connectivity index (χ2n) is 4.96. The van der Waals surface area contributed by atoms with E-state index in [1.54, 1.807) is 17.8 Å². The van der Waals surface area contributed by atoms with Crippen molar-refractivity contribution in [2.45, 2.75) is 6.42 Å². The SMILES string of the molecule is COc1ccc(Cc2nnc3sc(-c4ccccn4)nn23)cc1. The number of ether oxygens (including phenoxy) is 1. The Balaban J connectivity index is 1.66. The first kappa shape index (κ1) is 13.8. The molecule has 0 bridgehead atoms. The minimum atomic E-state index is 0.663. The highest BCUT2D eigenvalue weighted by molar-refractivity contribution is 7.19. The number of methoxy groups -OCH3 is 1. The first-order chi connectivity index (χ1) is 11.3. The Morgan fingerprint density at radius 2 is 1.96 bits per heavy atom.